The molecule has 1 aliphatic heterocycles. The van der Waals surface area contributed by atoms with Crippen molar-refractivity contribution in [3.8, 4) is 11.4 Å². The minimum atomic E-state index is -0.940. The highest BCUT2D eigenvalue weighted by atomic mass is 35.5. The van der Waals surface area contributed by atoms with E-state index in [-0.39, 0.29) is 24.8 Å². The molecule has 4 amide bonds. The maximum absolute atomic E-state index is 12.1. The first-order chi connectivity index (χ1) is 11.5. The summed E-state index contributed by atoms with van der Waals surface area (Å²) in [6, 6.07) is 6.08. The second-order valence-electron chi connectivity index (χ2n) is 4.90. The van der Waals surface area contributed by atoms with Gasteiger partial charge in [0.25, 0.3) is 0 Å². The van der Waals surface area contributed by atoms with E-state index < -0.39 is 17.8 Å². The van der Waals surface area contributed by atoms with Crippen LogP contribution in [0.25, 0.3) is 11.4 Å². The van der Waals surface area contributed by atoms with Gasteiger partial charge in [-0.1, -0.05) is 35.0 Å². The predicted octanol–water partition coefficient (Wildman–Crippen LogP) is 1.87. The molecule has 0 radical (unpaired) electrons. The largest absolute Gasteiger partial charge is 0.337 e. The van der Waals surface area contributed by atoms with E-state index in [9.17, 15) is 14.4 Å². The van der Waals surface area contributed by atoms with Gasteiger partial charge < -0.3 is 4.52 Å². The Morgan fingerprint density at radius 2 is 1.96 bits per heavy atom. The summed E-state index contributed by atoms with van der Waals surface area (Å²) in [5.74, 6) is -1.56. The number of hydrogen-bond donors (Lipinski definition) is 0. The molecule has 1 aromatic heterocycles. The summed E-state index contributed by atoms with van der Waals surface area (Å²) in [7, 11) is 0. The number of halogens is 1. The van der Waals surface area contributed by atoms with Gasteiger partial charge in [-0.2, -0.15) is 4.98 Å². The van der Waals surface area contributed by atoms with E-state index in [1.807, 2.05) is 0 Å². The lowest BCUT2D eigenvalue weighted by atomic mass is 10.2. The SMILES string of the molecule is C=CCN1C(=O)C(=O)N(Cc2nc(-c3cccc(Cl)c3)no2)C1=O. The number of rotatable bonds is 5. The number of imide groups is 2. The van der Waals surface area contributed by atoms with E-state index in [4.69, 9.17) is 16.1 Å². The van der Waals surface area contributed by atoms with Gasteiger partial charge in [-0.25, -0.2) is 9.69 Å². The number of carbonyl (C=O) groups is 3. The number of urea groups is 1. The first-order valence-electron chi connectivity index (χ1n) is 6.88. The van der Waals surface area contributed by atoms with E-state index in [1.165, 1.54) is 6.08 Å². The fourth-order valence-electron chi connectivity index (χ4n) is 2.18. The molecule has 0 N–H and O–H groups in total. The summed E-state index contributed by atoms with van der Waals surface area (Å²) in [6.45, 7) is 3.11. The molecule has 0 saturated carbocycles. The second kappa shape index (κ2) is 6.25. The molecular weight excluding hydrogens is 336 g/mol. The zero-order valence-electron chi connectivity index (χ0n) is 12.3. The monoisotopic (exact) mass is 346 g/mol. The van der Waals surface area contributed by atoms with Crippen LogP contribution in [0.2, 0.25) is 5.02 Å². The molecule has 24 heavy (non-hydrogen) atoms. The average molecular weight is 347 g/mol. The molecule has 2 heterocycles. The summed E-state index contributed by atoms with van der Waals surface area (Å²) < 4.78 is 5.05. The normalized spacial score (nSPS) is 14.6. The van der Waals surface area contributed by atoms with Crippen molar-refractivity contribution in [3.05, 3.63) is 47.8 Å². The maximum atomic E-state index is 12.1. The first kappa shape index (κ1) is 15.9. The lowest BCUT2D eigenvalue weighted by Gasteiger charge is -2.11. The van der Waals surface area contributed by atoms with Crippen molar-refractivity contribution in [3.63, 3.8) is 0 Å². The number of benzene rings is 1. The van der Waals surface area contributed by atoms with Crippen molar-refractivity contribution in [2.75, 3.05) is 6.54 Å². The molecular formula is C15H11ClN4O4. The van der Waals surface area contributed by atoms with Crippen LogP contribution in [0.3, 0.4) is 0 Å². The molecule has 0 aliphatic carbocycles. The Balaban J connectivity index is 1.80. The number of amides is 4. The van der Waals surface area contributed by atoms with E-state index in [2.05, 4.69) is 16.7 Å². The zero-order chi connectivity index (χ0) is 17.3. The molecule has 0 unspecified atom stereocenters. The molecule has 8 nitrogen and oxygen atoms in total. The van der Waals surface area contributed by atoms with Gasteiger partial charge in [0.2, 0.25) is 11.7 Å². The molecule has 1 fully saturated rings. The van der Waals surface area contributed by atoms with Crippen LogP contribution in [-0.4, -0.2) is 44.3 Å². The van der Waals surface area contributed by atoms with Crippen molar-refractivity contribution in [2.45, 2.75) is 6.54 Å². The summed E-state index contributed by atoms with van der Waals surface area (Å²) in [5, 5.41) is 4.29. The minimum absolute atomic E-state index is 0.0277. The van der Waals surface area contributed by atoms with Crippen LogP contribution in [0.5, 0.6) is 0 Å². The van der Waals surface area contributed by atoms with Gasteiger partial charge in [-0.05, 0) is 12.1 Å². The van der Waals surface area contributed by atoms with Gasteiger partial charge in [-0.15, -0.1) is 6.58 Å². The fourth-order valence-corrected chi connectivity index (χ4v) is 2.37. The molecule has 1 saturated heterocycles. The second-order valence-corrected chi connectivity index (χ2v) is 5.34. The first-order valence-corrected chi connectivity index (χ1v) is 7.26. The van der Waals surface area contributed by atoms with Gasteiger partial charge in [0.15, 0.2) is 0 Å². The number of aromatic nitrogens is 2. The molecule has 1 aliphatic rings. The molecule has 122 valence electrons. The van der Waals surface area contributed by atoms with Crippen LogP contribution < -0.4 is 0 Å². The van der Waals surface area contributed by atoms with Crippen molar-refractivity contribution in [2.24, 2.45) is 0 Å². The van der Waals surface area contributed by atoms with Gasteiger partial charge in [-0.3, -0.25) is 14.5 Å². The van der Waals surface area contributed by atoms with Crippen molar-refractivity contribution >= 4 is 29.4 Å². The Bertz CT molecular complexity index is 848. The Kier molecular flexibility index (Phi) is 4.13. The molecule has 0 bridgehead atoms. The highest BCUT2D eigenvalue weighted by Gasteiger charge is 2.44. The van der Waals surface area contributed by atoms with E-state index >= 15 is 0 Å². The predicted molar refractivity (Wildman–Crippen MR) is 82.6 cm³/mol. The van der Waals surface area contributed by atoms with Crippen LogP contribution in [0, 0.1) is 0 Å². The minimum Gasteiger partial charge on any atom is -0.337 e. The Morgan fingerprint density at radius 1 is 1.21 bits per heavy atom. The fraction of sp³-hybridized carbons (Fsp3) is 0.133. The lowest BCUT2D eigenvalue weighted by molar-refractivity contribution is -0.143. The van der Waals surface area contributed by atoms with Crippen molar-refractivity contribution < 1.29 is 18.9 Å². The standard InChI is InChI=1S/C15H11ClN4O4/c1-2-6-19-13(21)14(22)20(15(19)23)8-11-17-12(18-24-11)9-4-3-5-10(16)7-9/h2-5,7H,1,6,8H2. The lowest BCUT2D eigenvalue weighted by Crippen LogP contribution is -2.33. The van der Waals surface area contributed by atoms with Gasteiger partial charge in [0.1, 0.15) is 6.54 Å². The summed E-state index contributed by atoms with van der Waals surface area (Å²) in [6.07, 6.45) is 1.36. The third-order valence-corrected chi connectivity index (χ3v) is 3.53. The van der Waals surface area contributed by atoms with Gasteiger partial charge >= 0.3 is 17.8 Å². The number of hydrogen-bond acceptors (Lipinski definition) is 6. The van der Waals surface area contributed by atoms with Crippen molar-refractivity contribution in [1.82, 2.24) is 19.9 Å². The van der Waals surface area contributed by atoms with Crippen LogP contribution in [0.4, 0.5) is 4.79 Å². The summed E-state index contributed by atoms with van der Waals surface area (Å²) in [5.41, 5.74) is 0.626. The van der Waals surface area contributed by atoms with Crippen molar-refractivity contribution in [1.29, 1.82) is 0 Å². The smallest absolute Gasteiger partial charge is 0.335 e. The maximum Gasteiger partial charge on any atom is 0.335 e. The van der Waals surface area contributed by atoms with E-state index in [1.54, 1.807) is 24.3 Å². The molecule has 0 spiro atoms. The molecule has 9 heteroatoms. The Morgan fingerprint density at radius 3 is 2.67 bits per heavy atom. The van der Waals surface area contributed by atoms with Gasteiger partial charge in [0, 0.05) is 17.1 Å². The van der Waals surface area contributed by atoms with E-state index in [0.717, 1.165) is 9.80 Å². The summed E-state index contributed by atoms with van der Waals surface area (Å²) >= 11 is 5.90. The van der Waals surface area contributed by atoms with Crippen LogP contribution in [0.15, 0.2) is 41.4 Å². The third-order valence-electron chi connectivity index (χ3n) is 3.29. The summed E-state index contributed by atoms with van der Waals surface area (Å²) in [4.78, 5) is 41.4. The quantitative estimate of drug-likeness (QED) is 0.466. The van der Waals surface area contributed by atoms with Gasteiger partial charge in [0.05, 0.1) is 0 Å². The van der Waals surface area contributed by atoms with Crippen LogP contribution in [-0.2, 0) is 16.1 Å². The number of nitrogens with zero attached hydrogens (tertiary/aromatic N) is 4. The third kappa shape index (κ3) is 2.79. The molecule has 0 atom stereocenters. The highest BCUT2D eigenvalue weighted by molar-refractivity contribution is 6.44. The van der Waals surface area contributed by atoms with Crippen LogP contribution >= 0.6 is 11.6 Å². The molecule has 3 rings (SSSR count). The number of carbonyl (C=O) groups excluding carboxylic acids is 3. The van der Waals surface area contributed by atoms with Crippen LogP contribution in [0.1, 0.15) is 5.89 Å². The molecule has 2 aromatic rings. The zero-order valence-corrected chi connectivity index (χ0v) is 13.1. The Labute approximate surface area is 141 Å². The topological polar surface area (TPSA) is 96.6 Å². The average Bonchev–Trinajstić information content (AvgIpc) is 3.11. The Hall–Kier alpha value is -3.00. The molecule has 1 aromatic carbocycles. The highest BCUT2D eigenvalue weighted by Crippen LogP contribution is 2.21. The van der Waals surface area contributed by atoms with E-state index in [0.29, 0.717) is 10.6 Å².